The first kappa shape index (κ1) is 14.1. The Kier molecular flexibility index (Phi) is 3.93. The van der Waals surface area contributed by atoms with Gasteiger partial charge < -0.3 is 0 Å². The second-order valence-corrected chi connectivity index (χ2v) is 4.93. The predicted molar refractivity (Wildman–Crippen MR) is 53.7 cm³/mol. The van der Waals surface area contributed by atoms with Gasteiger partial charge >= 0.3 is 0 Å². The van der Waals surface area contributed by atoms with Gasteiger partial charge in [0.25, 0.3) is 0 Å². The van der Waals surface area contributed by atoms with E-state index in [1.165, 1.54) is 16.9 Å². The Morgan fingerprint density at radius 3 is 1.94 bits per heavy atom. The predicted octanol–water partition coefficient (Wildman–Crippen LogP) is -2.13. The lowest BCUT2D eigenvalue weighted by Crippen LogP contribution is -2.68. The third kappa shape index (κ3) is 3.78. The van der Waals surface area contributed by atoms with Gasteiger partial charge in [-0.05, 0) is 6.07 Å². The summed E-state index contributed by atoms with van der Waals surface area (Å²) in [5.41, 5.74) is 4.16. The van der Waals surface area contributed by atoms with E-state index < -0.39 is 10.2 Å². The number of benzene rings is 1. The molecule has 1 aromatic carbocycles. The zero-order valence-corrected chi connectivity index (χ0v) is 10.6. The number of quaternary nitrogens is 1. The maximum atomic E-state index is 8.49. The molecule has 0 spiro atoms. The Hall–Kier alpha value is -0.950. The molecule has 1 aliphatic rings. The van der Waals surface area contributed by atoms with Gasteiger partial charge in [0.15, 0.2) is 0 Å². The standard InChI is InChI=1S/C11H14N.ClHO4/c1-9-8-10-6-4-5-7-11(10)12(9,2)3;2-1(3,4)5/h4-8H,1-3H3;(H,2,3,4,5)/q+1;/p-1. The number of para-hydroxylation sites is 1. The zero-order valence-electron chi connectivity index (χ0n) is 9.84. The average Bonchev–Trinajstić information content (AvgIpc) is 2.36. The lowest BCUT2D eigenvalue weighted by atomic mass is 10.2. The van der Waals surface area contributed by atoms with Crippen molar-refractivity contribution in [2.75, 3.05) is 14.1 Å². The molecule has 2 rings (SSSR count). The summed E-state index contributed by atoms with van der Waals surface area (Å²) < 4.78 is 34.9. The van der Waals surface area contributed by atoms with Crippen LogP contribution < -0.4 is 23.1 Å². The summed E-state index contributed by atoms with van der Waals surface area (Å²) in [6, 6.07) is 8.56. The summed E-state index contributed by atoms with van der Waals surface area (Å²) in [7, 11) is -0.505. The first-order chi connectivity index (χ1) is 7.62. The number of nitrogens with zero attached hydrogens (tertiary/aromatic N) is 1. The van der Waals surface area contributed by atoms with Gasteiger partial charge in [-0.2, -0.15) is 0 Å². The molecule has 0 fully saturated rings. The number of halogens is 1. The minimum Gasteiger partial charge on any atom is -0.267 e. The number of allylic oxidation sites excluding steroid dienone is 1. The van der Waals surface area contributed by atoms with Crippen molar-refractivity contribution >= 4 is 11.8 Å². The lowest BCUT2D eigenvalue weighted by Gasteiger charge is -2.25. The molecule has 94 valence electrons. The highest BCUT2D eigenvalue weighted by atomic mass is 35.7. The van der Waals surface area contributed by atoms with E-state index in [0.29, 0.717) is 0 Å². The van der Waals surface area contributed by atoms with Gasteiger partial charge in [-0.25, -0.2) is 18.6 Å². The Morgan fingerprint density at radius 2 is 1.47 bits per heavy atom. The minimum absolute atomic E-state index is 0.899. The molecule has 0 amide bonds. The fourth-order valence-corrected chi connectivity index (χ4v) is 1.70. The van der Waals surface area contributed by atoms with Crippen molar-refractivity contribution in [3.8, 4) is 0 Å². The third-order valence-corrected chi connectivity index (χ3v) is 2.79. The van der Waals surface area contributed by atoms with E-state index in [0.717, 1.165) is 4.48 Å². The molecule has 17 heavy (non-hydrogen) atoms. The molecule has 0 aromatic heterocycles. The summed E-state index contributed by atoms with van der Waals surface area (Å²) in [6.45, 7) is 2.18. The molecular weight excluding hydrogens is 246 g/mol. The van der Waals surface area contributed by atoms with E-state index >= 15 is 0 Å². The Bertz CT molecular complexity index is 431. The van der Waals surface area contributed by atoms with Gasteiger partial charge in [-0.1, -0.05) is 12.1 Å². The summed E-state index contributed by atoms with van der Waals surface area (Å²) in [4.78, 5) is 0. The van der Waals surface area contributed by atoms with Crippen LogP contribution in [0.2, 0.25) is 0 Å². The summed E-state index contributed by atoms with van der Waals surface area (Å²) in [5.74, 6) is 0. The van der Waals surface area contributed by atoms with Crippen LogP contribution in [0.15, 0.2) is 30.0 Å². The van der Waals surface area contributed by atoms with E-state index in [1.807, 2.05) is 0 Å². The van der Waals surface area contributed by atoms with E-state index in [4.69, 9.17) is 18.6 Å². The molecule has 1 aliphatic heterocycles. The van der Waals surface area contributed by atoms with Crippen LogP contribution in [-0.4, -0.2) is 14.1 Å². The highest BCUT2D eigenvalue weighted by Gasteiger charge is 2.29. The highest BCUT2D eigenvalue weighted by molar-refractivity contribution is 5.75. The Labute approximate surface area is 102 Å². The van der Waals surface area contributed by atoms with Gasteiger partial charge in [0, 0.05) is 24.6 Å². The van der Waals surface area contributed by atoms with Gasteiger partial charge in [0.2, 0.25) is 0 Å². The van der Waals surface area contributed by atoms with Gasteiger partial charge in [0.05, 0.1) is 14.1 Å². The molecule has 1 heterocycles. The Morgan fingerprint density at radius 1 is 1.00 bits per heavy atom. The van der Waals surface area contributed by atoms with Crippen LogP contribution in [0.1, 0.15) is 12.5 Å². The minimum atomic E-state index is -4.94. The average molecular weight is 260 g/mol. The molecule has 0 saturated carbocycles. The maximum absolute atomic E-state index is 8.49. The molecule has 1 aromatic rings. The van der Waals surface area contributed by atoms with Crippen molar-refractivity contribution in [2.45, 2.75) is 6.92 Å². The van der Waals surface area contributed by atoms with E-state index in [-0.39, 0.29) is 0 Å². The highest BCUT2D eigenvalue weighted by Crippen LogP contribution is 2.36. The SMILES string of the molecule is CC1=Cc2ccccc2[N+]1(C)C.[O-][Cl+3]([O-])([O-])[O-]. The lowest BCUT2D eigenvalue weighted by molar-refractivity contribution is -2.00. The first-order valence-electron chi connectivity index (χ1n) is 4.86. The molecule has 6 heteroatoms. The molecular formula is C11H14ClNO4. The fraction of sp³-hybridized carbons (Fsp3) is 0.273. The van der Waals surface area contributed by atoms with Crippen molar-refractivity contribution in [1.29, 1.82) is 0 Å². The van der Waals surface area contributed by atoms with Crippen LogP contribution in [0.25, 0.3) is 6.08 Å². The molecule has 0 radical (unpaired) electrons. The molecule has 0 unspecified atom stereocenters. The van der Waals surface area contributed by atoms with Gasteiger partial charge in [-0.3, -0.25) is 4.48 Å². The van der Waals surface area contributed by atoms with Crippen molar-refractivity contribution < 1.29 is 28.9 Å². The van der Waals surface area contributed by atoms with Crippen LogP contribution in [-0.2, 0) is 0 Å². The van der Waals surface area contributed by atoms with Crippen LogP contribution >= 0.6 is 0 Å². The molecule has 0 N–H and O–H groups in total. The Balaban J connectivity index is 0.000000249. The third-order valence-electron chi connectivity index (χ3n) is 2.79. The molecule has 0 saturated heterocycles. The number of rotatable bonds is 0. The van der Waals surface area contributed by atoms with Crippen molar-refractivity contribution in [3.05, 3.63) is 35.5 Å². The van der Waals surface area contributed by atoms with Crippen LogP contribution in [0.5, 0.6) is 0 Å². The first-order valence-corrected chi connectivity index (χ1v) is 6.10. The molecule has 0 aliphatic carbocycles. The summed E-state index contributed by atoms with van der Waals surface area (Å²) in [6.07, 6.45) is 2.26. The zero-order chi connectivity index (χ0) is 13.3. The van der Waals surface area contributed by atoms with Crippen molar-refractivity contribution in [3.63, 3.8) is 0 Å². The molecule has 5 nitrogen and oxygen atoms in total. The smallest absolute Gasteiger partial charge is 0.144 e. The number of fused-ring (bicyclic) bond motifs is 1. The quantitative estimate of drug-likeness (QED) is 0.498. The molecule has 0 bridgehead atoms. The number of hydrogen-bond acceptors (Lipinski definition) is 4. The molecule has 0 atom stereocenters. The number of hydrogen-bond donors (Lipinski definition) is 0. The topological polar surface area (TPSA) is 92.2 Å². The largest absolute Gasteiger partial charge is 0.267 e. The monoisotopic (exact) mass is 259 g/mol. The van der Waals surface area contributed by atoms with Crippen LogP contribution in [0.4, 0.5) is 5.69 Å². The normalized spacial score (nSPS) is 16.8. The van der Waals surface area contributed by atoms with E-state index in [2.05, 4.69) is 51.4 Å². The van der Waals surface area contributed by atoms with Crippen molar-refractivity contribution in [2.24, 2.45) is 0 Å². The second-order valence-electron chi connectivity index (χ2n) is 4.18. The van der Waals surface area contributed by atoms with Gasteiger partial charge in [-0.15, -0.1) is 10.2 Å². The fourth-order valence-electron chi connectivity index (χ4n) is 1.70. The van der Waals surface area contributed by atoms with Crippen molar-refractivity contribution in [1.82, 2.24) is 4.48 Å². The van der Waals surface area contributed by atoms with E-state index in [9.17, 15) is 0 Å². The summed E-state index contributed by atoms with van der Waals surface area (Å²) >= 11 is 0. The maximum Gasteiger partial charge on any atom is 0.144 e. The van der Waals surface area contributed by atoms with Crippen LogP contribution in [0, 0.1) is 10.2 Å². The second kappa shape index (κ2) is 4.73. The van der Waals surface area contributed by atoms with Crippen LogP contribution in [0.3, 0.4) is 0 Å². The summed E-state index contributed by atoms with van der Waals surface area (Å²) in [5, 5.41) is 0. The van der Waals surface area contributed by atoms with Gasteiger partial charge in [0.1, 0.15) is 11.4 Å². The van der Waals surface area contributed by atoms with E-state index in [1.54, 1.807) is 0 Å².